The fraction of sp³-hybridized carbons (Fsp3) is 0.158. The summed E-state index contributed by atoms with van der Waals surface area (Å²) in [6.07, 6.45) is -8.39. The Morgan fingerprint density at radius 2 is 1.47 bits per heavy atom. The van der Waals surface area contributed by atoms with Crippen molar-refractivity contribution in [2.45, 2.75) is 19.0 Å². The Labute approximate surface area is 164 Å². The molecule has 0 aliphatic rings. The van der Waals surface area contributed by atoms with Gasteiger partial charge in [0.1, 0.15) is 23.6 Å². The Morgan fingerprint density at radius 3 is 2.10 bits per heavy atom. The molecule has 3 aromatic rings. The van der Waals surface area contributed by atoms with Crippen LogP contribution in [0.1, 0.15) is 16.8 Å². The maximum Gasteiger partial charge on any atom is 0.573 e. The average Bonchev–Trinajstić information content (AvgIpc) is 2.63. The summed E-state index contributed by atoms with van der Waals surface area (Å²) in [7, 11) is 0. The largest absolute Gasteiger partial charge is 0.573 e. The molecule has 0 aliphatic heterocycles. The molecular formula is C19H11F7N2O2. The van der Waals surface area contributed by atoms with Gasteiger partial charge in [0.05, 0.1) is 11.3 Å². The van der Waals surface area contributed by atoms with Gasteiger partial charge in [0.15, 0.2) is 0 Å². The summed E-state index contributed by atoms with van der Waals surface area (Å²) in [6.45, 7) is 0. The van der Waals surface area contributed by atoms with E-state index >= 15 is 0 Å². The second kappa shape index (κ2) is 8.17. The highest BCUT2D eigenvalue weighted by atomic mass is 19.4. The van der Waals surface area contributed by atoms with E-state index in [9.17, 15) is 30.7 Å². The third kappa shape index (κ3) is 5.82. The number of halogens is 7. The van der Waals surface area contributed by atoms with Crippen LogP contribution in [-0.2, 0) is 12.6 Å². The van der Waals surface area contributed by atoms with Crippen molar-refractivity contribution < 1.29 is 40.2 Å². The standard InChI is InChI=1S/C19H11F7N2O2/c20-16-6-5-14(9-15(16)18(21,22)23)29-17-8-12(27-10-28-17)7-11-1-3-13(4-2-11)30-19(24,25)26/h1-6,8-10H,7H2. The Kier molecular flexibility index (Phi) is 5.81. The van der Waals surface area contributed by atoms with Gasteiger partial charge in [-0.15, -0.1) is 13.2 Å². The lowest BCUT2D eigenvalue weighted by Crippen LogP contribution is -2.17. The number of hydrogen-bond acceptors (Lipinski definition) is 4. The maximum absolute atomic E-state index is 13.4. The van der Waals surface area contributed by atoms with Crippen molar-refractivity contribution in [1.29, 1.82) is 0 Å². The van der Waals surface area contributed by atoms with E-state index in [0.717, 1.165) is 24.5 Å². The lowest BCUT2D eigenvalue weighted by molar-refractivity contribution is -0.274. The predicted octanol–water partition coefficient (Wildman–Crippen LogP) is 5.92. The Morgan fingerprint density at radius 1 is 0.800 bits per heavy atom. The highest BCUT2D eigenvalue weighted by Gasteiger charge is 2.34. The molecule has 0 saturated carbocycles. The summed E-state index contributed by atoms with van der Waals surface area (Å²) in [4.78, 5) is 7.78. The Bertz CT molecular complexity index is 1020. The zero-order chi connectivity index (χ0) is 21.9. The molecule has 1 aromatic heterocycles. The first-order chi connectivity index (χ1) is 14.0. The van der Waals surface area contributed by atoms with Crippen molar-refractivity contribution in [2.75, 3.05) is 0 Å². The fourth-order valence-corrected chi connectivity index (χ4v) is 2.45. The van der Waals surface area contributed by atoms with Crippen molar-refractivity contribution in [3.8, 4) is 17.4 Å². The normalized spacial score (nSPS) is 12.0. The molecule has 0 atom stereocenters. The first-order valence-electron chi connectivity index (χ1n) is 8.20. The molecule has 0 bridgehead atoms. The molecule has 0 spiro atoms. The number of alkyl halides is 6. The molecule has 11 heteroatoms. The highest BCUT2D eigenvalue weighted by molar-refractivity contribution is 5.35. The van der Waals surface area contributed by atoms with Crippen LogP contribution in [0.5, 0.6) is 17.4 Å². The van der Waals surface area contributed by atoms with E-state index in [0.29, 0.717) is 23.4 Å². The van der Waals surface area contributed by atoms with Crippen molar-refractivity contribution in [3.63, 3.8) is 0 Å². The van der Waals surface area contributed by atoms with E-state index in [4.69, 9.17) is 4.74 Å². The minimum absolute atomic E-state index is 0.0863. The van der Waals surface area contributed by atoms with Gasteiger partial charge in [0.2, 0.25) is 5.88 Å². The Balaban J connectivity index is 1.73. The van der Waals surface area contributed by atoms with Gasteiger partial charge in [-0.2, -0.15) is 13.2 Å². The van der Waals surface area contributed by atoms with Crippen molar-refractivity contribution in [3.05, 3.63) is 77.5 Å². The van der Waals surface area contributed by atoms with Gasteiger partial charge in [-0.05, 0) is 35.9 Å². The predicted molar refractivity (Wildman–Crippen MR) is 89.4 cm³/mol. The lowest BCUT2D eigenvalue weighted by Gasteiger charge is -2.11. The molecule has 0 amide bonds. The fourth-order valence-electron chi connectivity index (χ4n) is 2.45. The number of benzene rings is 2. The molecular weight excluding hydrogens is 421 g/mol. The Hall–Kier alpha value is -3.37. The maximum atomic E-state index is 13.4. The minimum atomic E-state index is -4.89. The second-order valence-electron chi connectivity index (χ2n) is 5.96. The van der Waals surface area contributed by atoms with E-state index in [2.05, 4.69) is 14.7 Å². The molecule has 30 heavy (non-hydrogen) atoms. The molecule has 1 heterocycles. The number of hydrogen-bond donors (Lipinski definition) is 0. The summed E-state index contributed by atoms with van der Waals surface area (Å²) < 4.78 is 97.4. The molecule has 0 N–H and O–H groups in total. The molecule has 0 fully saturated rings. The van der Waals surface area contributed by atoms with Crippen molar-refractivity contribution >= 4 is 0 Å². The molecule has 4 nitrogen and oxygen atoms in total. The molecule has 0 unspecified atom stereocenters. The summed E-state index contributed by atoms with van der Waals surface area (Å²) in [6, 6.07) is 8.58. The third-order valence-corrected chi connectivity index (χ3v) is 3.71. The van der Waals surface area contributed by atoms with Gasteiger partial charge in [-0.1, -0.05) is 12.1 Å². The molecule has 3 rings (SSSR count). The molecule has 0 saturated heterocycles. The van der Waals surface area contributed by atoms with Crippen LogP contribution in [0.4, 0.5) is 30.7 Å². The quantitative estimate of drug-likeness (QED) is 0.470. The van der Waals surface area contributed by atoms with E-state index in [-0.39, 0.29) is 23.8 Å². The van der Waals surface area contributed by atoms with Crippen molar-refractivity contribution in [2.24, 2.45) is 0 Å². The van der Waals surface area contributed by atoms with Crippen LogP contribution in [0.2, 0.25) is 0 Å². The topological polar surface area (TPSA) is 44.2 Å². The van der Waals surface area contributed by atoms with Gasteiger partial charge in [0.25, 0.3) is 0 Å². The molecule has 0 aliphatic carbocycles. The number of aromatic nitrogens is 2. The molecule has 2 aromatic carbocycles. The lowest BCUT2D eigenvalue weighted by atomic mass is 10.1. The average molecular weight is 432 g/mol. The highest BCUT2D eigenvalue weighted by Crippen LogP contribution is 2.34. The first-order valence-corrected chi connectivity index (χ1v) is 8.20. The van der Waals surface area contributed by atoms with Crippen molar-refractivity contribution in [1.82, 2.24) is 9.97 Å². The first kappa shape index (κ1) is 21.3. The van der Waals surface area contributed by atoms with Crippen LogP contribution in [0.15, 0.2) is 54.9 Å². The number of nitrogens with zero attached hydrogens (tertiary/aromatic N) is 2. The van der Waals surface area contributed by atoms with Crippen LogP contribution in [0.25, 0.3) is 0 Å². The minimum Gasteiger partial charge on any atom is -0.439 e. The van der Waals surface area contributed by atoms with Gasteiger partial charge in [0, 0.05) is 12.5 Å². The van der Waals surface area contributed by atoms with Crippen LogP contribution < -0.4 is 9.47 Å². The van der Waals surface area contributed by atoms with Crippen LogP contribution in [-0.4, -0.2) is 16.3 Å². The van der Waals surface area contributed by atoms with Crippen LogP contribution >= 0.6 is 0 Å². The number of ether oxygens (including phenoxy) is 2. The zero-order valence-electron chi connectivity index (χ0n) is 14.8. The van der Waals surface area contributed by atoms with E-state index in [1.165, 1.54) is 18.2 Å². The van der Waals surface area contributed by atoms with Gasteiger partial charge >= 0.3 is 12.5 Å². The smallest absolute Gasteiger partial charge is 0.439 e. The summed E-state index contributed by atoms with van der Waals surface area (Å²) in [5.41, 5.74) is -0.492. The molecule has 158 valence electrons. The monoisotopic (exact) mass is 432 g/mol. The third-order valence-electron chi connectivity index (χ3n) is 3.71. The molecule has 0 radical (unpaired) electrons. The van der Waals surface area contributed by atoms with E-state index in [1.54, 1.807) is 0 Å². The van der Waals surface area contributed by atoms with E-state index < -0.39 is 23.9 Å². The van der Waals surface area contributed by atoms with Gasteiger partial charge in [-0.25, -0.2) is 14.4 Å². The second-order valence-corrected chi connectivity index (χ2v) is 5.96. The summed E-state index contributed by atoms with van der Waals surface area (Å²) in [5.74, 6) is -2.18. The van der Waals surface area contributed by atoms with Gasteiger partial charge < -0.3 is 9.47 Å². The van der Waals surface area contributed by atoms with E-state index in [1.807, 2.05) is 0 Å². The number of rotatable bonds is 5. The van der Waals surface area contributed by atoms with Crippen LogP contribution in [0, 0.1) is 5.82 Å². The van der Waals surface area contributed by atoms with Crippen LogP contribution in [0.3, 0.4) is 0 Å². The van der Waals surface area contributed by atoms with Gasteiger partial charge in [-0.3, -0.25) is 0 Å². The zero-order valence-corrected chi connectivity index (χ0v) is 14.8. The SMILES string of the molecule is Fc1ccc(Oc2cc(Cc3ccc(OC(F)(F)F)cc3)ncn2)cc1C(F)(F)F. The summed E-state index contributed by atoms with van der Waals surface area (Å²) in [5, 5.41) is 0. The summed E-state index contributed by atoms with van der Waals surface area (Å²) >= 11 is 0.